The summed E-state index contributed by atoms with van der Waals surface area (Å²) < 4.78 is 5.41. The normalized spacial score (nSPS) is 17.1. The average Bonchev–Trinajstić information content (AvgIpc) is 2.40. The molecular weight excluding hydrogens is 224 g/mol. The first-order valence-corrected chi connectivity index (χ1v) is 6.83. The van der Waals surface area contributed by atoms with Gasteiger partial charge in [0.15, 0.2) is 0 Å². The van der Waals surface area contributed by atoms with Crippen molar-refractivity contribution in [3.63, 3.8) is 0 Å². The van der Waals surface area contributed by atoms with Gasteiger partial charge in [0.2, 0.25) is 0 Å². The first-order valence-electron chi connectivity index (χ1n) is 6.83. The number of ether oxygens (including phenoxy) is 1. The number of nitrogens with two attached hydrogens (primary N) is 1. The number of nitrogens with zero attached hydrogens (tertiary/aromatic N) is 1. The van der Waals surface area contributed by atoms with Crippen LogP contribution in [0.25, 0.3) is 0 Å². The van der Waals surface area contributed by atoms with Gasteiger partial charge in [0.1, 0.15) is 5.75 Å². The molecule has 1 saturated carbocycles. The summed E-state index contributed by atoms with van der Waals surface area (Å²) in [7, 11) is 3.92. The van der Waals surface area contributed by atoms with Crippen LogP contribution in [0.2, 0.25) is 0 Å². The highest BCUT2D eigenvalue weighted by atomic mass is 16.5. The highest BCUT2D eigenvalue weighted by molar-refractivity contribution is 5.47. The Kier molecular flexibility index (Phi) is 4.48. The molecule has 1 aliphatic carbocycles. The quantitative estimate of drug-likeness (QED) is 0.832. The Morgan fingerprint density at radius 2 is 2.00 bits per heavy atom. The highest BCUT2D eigenvalue weighted by Gasteiger charge is 2.19. The van der Waals surface area contributed by atoms with Crippen LogP contribution in [0.3, 0.4) is 0 Å². The number of benzene rings is 1. The summed E-state index contributed by atoms with van der Waals surface area (Å²) in [5, 5.41) is 0. The van der Waals surface area contributed by atoms with E-state index in [9.17, 15) is 0 Å². The van der Waals surface area contributed by atoms with Crippen LogP contribution in [0, 0.1) is 0 Å². The molecule has 1 aromatic carbocycles. The molecule has 0 saturated heterocycles. The third kappa shape index (κ3) is 3.16. The fourth-order valence-corrected chi connectivity index (χ4v) is 2.84. The van der Waals surface area contributed by atoms with Crippen LogP contribution in [0.5, 0.6) is 5.75 Å². The van der Waals surface area contributed by atoms with E-state index in [1.807, 2.05) is 18.2 Å². The lowest BCUT2D eigenvalue weighted by atomic mass is 9.94. The zero-order valence-corrected chi connectivity index (χ0v) is 11.5. The van der Waals surface area contributed by atoms with Gasteiger partial charge in [-0.1, -0.05) is 19.3 Å². The van der Waals surface area contributed by atoms with Crippen molar-refractivity contribution in [3.05, 3.63) is 23.8 Å². The molecule has 0 heterocycles. The predicted molar refractivity (Wildman–Crippen MR) is 75.7 cm³/mol. The fourth-order valence-electron chi connectivity index (χ4n) is 2.84. The summed E-state index contributed by atoms with van der Waals surface area (Å²) in [5.41, 5.74) is 7.86. The molecule has 0 unspecified atom stereocenters. The van der Waals surface area contributed by atoms with Gasteiger partial charge < -0.3 is 10.5 Å². The van der Waals surface area contributed by atoms with Gasteiger partial charge in [-0.2, -0.15) is 0 Å². The predicted octanol–water partition coefficient (Wildman–Crippen LogP) is 3.04. The molecule has 0 bridgehead atoms. The zero-order chi connectivity index (χ0) is 13.0. The van der Waals surface area contributed by atoms with E-state index >= 15 is 0 Å². The second-order valence-electron chi connectivity index (χ2n) is 5.28. The van der Waals surface area contributed by atoms with Gasteiger partial charge in [0.05, 0.1) is 7.11 Å². The van der Waals surface area contributed by atoms with Gasteiger partial charge in [-0.3, -0.25) is 4.90 Å². The molecule has 18 heavy (non-hydrogen) atoms. The Morgan fingerprint density at radius 1 is 1.28 bits per heavy atom. The second-order valence-corrected chi connectivity index (χ2v) is 5.28. The first-order chi connectivity index (χ1) is 8.70. The van der Waals surface area contributed by atoms with Crippen LogP contribution in [0.4, 0.5) is 5.69 Å². The Labute approximate surface area is 110 Å². The van der Waals surface area contributed by atoms with E-state index in [2.05, 4.69) is 11.9 Å². The molecule has 1 aromatic rings. The minimum Gasteiger partial charge on any atom is -0.496 e. The number of methoxy groups -OCH3 is 1. The van der Waals surface area contributed by atoms with E-state index in [1.165, 1.54) is 37.7 Å². The van der Waals surface area contributed by atoms with Crippen molar-refractivity contribution in [1.29, 1.82) is 0 Å². The van der Waals surface area contributed by atoms with Crippen LogP contribution in [-0.4, -0.2) is 25.1 Å². The van der Waals surface area contributed by atoms with Crippen molar-refractivity contribution in [2.75, 3.05) is 19.9 Å². The second kappa shape index (κ2) is 6.10. The first kappa shape index (κ1) is 13.2. The van der Waals surface area contributed by atoms with Crippen molar-refractivity contribution >= 4 is 5.69 Å². The Morgan fingerprint density at radius 3 is 2.67 bits per heavy atom. The van der Waals surface area contributed by atoms with E-state index < -0.39 is 0 Å². The number of rotatable bonds is 4. The number of anilines is 1. The standard InChI is InChI=1S/C15H24N2O/c1-17(14-6-4-3-5-7-14)11-12-10-13(16)8-9-15(12)18-2/h8-10,14H,3-7,11,16H2,1-2H3. The van der Waals surface area contributed by atoms with Gasteiger partial charge in [0.25, 0.3) is 0 Å². The minimum atomic E-state index is 0.713. The molecule has 1 fully saturated rings. The maximum absolute atomic E-state index is 5.86. The Hall–Kier alpha value is -1.22. The molecule has 0 spiro atoms. The van der Waals surface area contributed by atoms with Crippen LogP contribution in [0.15, 0.2) is 18.2 Å². The van der Waals surface area contributed by atoms with Crippen LogP contribution < -0.4 is 10.5 Å². The number of hydrogen-bond acceptors (Lipinski definition) is 3. The number of hydrogen-bond donors (Lipinski definition) is 1. The maximum atomic E-state index is 5.86. The van der Waals surface area contributed by atoms with Crippen molar-refractivity contribution in [1.82, 2.24) is 4.90 Å². The molecule has 0 aliphatic heterocycles. The maximum Gasteiger partial charge on any atom is 0.123 e. The third-order valence-corrected chi connectivity index (χ3v) is 3.92. The summed E-state index contributed by atoms with van der Waals surface area (Å²) in [4.78, 5) is 2.44. The minimum absolute atomic E-state index is 0.713. The van der Waals surface area contributed by atoms with Crippen molar-refractivity contribution in [2.45, 2.75) is 44.7 Å². The third-order valence-electron chi connectivity index (χ3n) is 3.92. The lowest BCUT2D eigenvalue weighted by Gasteiger charge is -2.31. The Balaban J connectivity index is 2.05. The van der Waals surface area contributed by atoms with Gasteiger partial charge in [-0.05, 0) is 38.1 Å². The molecule has 0 aromatic heterocycles. The molecule has 0 atom stereocenters. The van der Waals surface area contributed by atoms with E-state index in [0.717, 1.165) is 18.0 Å². The van der Waals surface area contributed by atoms with E-state index in [-0.39, 0.29) is 0 Å². The monoisotopic (exact) mass is 248 g/mol. The fraction of sp³-hybridized carbons (Fsp3) is 0.600. The van der Waals surface area contributed by atoms with Crippen molar-refractivity contribution in [2.24, 2.45) is 0 Å². The lowest BCUT2D eigenvalue weighted by Crippen LogP contribution is -2.33. The summed E-state index contributed by atoms with van der Waals surface area (Å²) in [6.07, 6.45) is 6.76. The summed E-state index contributed by atoms with van der Waals surface area (Å²) in [6.45, 7) is 0.916. The zero-order valence-electron chi connectivity index (χ0n) is 11.5. The van der Waals surface area contributed by atoms with E-state index in [4.69, 9.17) is 10.5 Å². The molecule has 100 valence electrons. The van der Waals surface area contributed by atoms with Crippen LogP contribution in [0.1, 0.15) is 37.7 Å². The summed E-state index contributed by atoms with van der Waals surface area (Å²) in [5.74, 6) is 0.937. The van der Waals surface area contributed by atoms with E-state index in [0.29, 0.717) is 6.04 Å². The topological polar surface area (TPSA) is 38.5 Å². The molecule has 0 radical (unpaired) electrons. The van der Waals surface area contributed by atoms with Gasteiger partial charge in [-0.25, -0.2) is 0 Å². The largest absolute Gasteiger partial charge is 0.496 e. The Bertz CT molecular complexity index is 386. The molecule has 2 rings (SSSR count). The van der Waals surface area contributed by atoms with Crippen LogP contribution in [-0.2, 0) is 6.54 Å². The molecule has 3 heteroatoms. The molecule has 2 N–H and O–H groups in total. The van der Waals surface area contributed by atoms with Gasteiger partial charge in [0, 0.05) is 23.8 Å². The molecule has 3 nitrogen and oxygen atoms in total. The highest BCUT2D eigenvalue weighted by Crippen LogP contribution is 2.26. The SMILES string of the molecule is COc1ccc(N)cc1CN(C)C1CCCCC1. The molecule has 1 aliphatic rings. The van der Waals surface area contributed by atoms with E-state index in [1.54, 1.807) is 7.11 Å². The smallest absolute Gasteiger partial charge is 0.123 e. The lowest BCUT2D eigenvalue weighted by molar-refractivity contribution is 0.183. The van der Waals surface area contributed by atoms with Crippen molar-refractivity contribution in [3.8, 4) is 5.75 Å². The van der Waals surface area contributed by atoms with Crippen molar-refractivity contribution < 1.29 is 4.74 Å². The average molecular weight is 248 g/mol. The molecular formula is C15H24N2O. The summed E-state index contributed by atoms with van der Waals surface area (Å²) >= 11 is 0. The molecule has 0 amide bonds. The van der Waals surface area contributed by atoms with Gasteiger partial charge >= 0.3 is 0 Å². The van der Waals surface area contributed by atoms with Crippen LogP contribution >= 0.6 is 0 Å². The summed E-state index contributed by atoms with van der Waals surface area (Å²) in [6, 6.07) is 6.59. The van der Waals surface area contributed by atoms with Gasteiger partial charge in [-0.15, -0.1) is 0 Å². The number of nitrogen functional groups attached to an aromatic ring is 1.